The van der Waals surface area contributed by atoms with Gasteiger partial charge in [0.15, 0.2) is 0 Å². The molecular weight excluding hydrogens is 198 g/mol. The van der Waals surface area contributed by atoms with Crippen LogP contribution in [0.1, 0.15) is 18.4 Å². The third kappa shape index (κ3) is 1.95. The lowest BCUT2D eigenvalue weighted by Gasteiger charge is -2.15. The van der Waals surface area contributed by atoms with Crippen molar-refractivity contribution in [3.63, 3.8) is 0 Å². The topological polar surface area (TPSA) is 41.6 Å². The first-order valence-corrected chi connectivity index (χ1v) is 5.90. The van der Waals surface area contributed by atoms with E-state index in [2.05, 4.69) is 34.2 Å². The first-order valence-electron chi connectivity index (χ1n) is 5.90. The van der Waals surface area contributed by atoms with Crippen molar-refractivity contribution in [3.05, 3.63) is 29.8 Å². The molecule has 1 aliphatic carbocycles. The Morgan fingerprint density at radius 1 is 1.25 bits per heavy atom. The molecular formula is C13H17N3. The molecule has 3 nitrogen and oxygen atoms in total. The number of benzene rings is 1. The molecule has 2 aliphatic rings. The maximum atomic E-state index is 6.11. The minimum atomic E-state index is 0.108. The summed E-state index contributed by atoms with van der Waals surface area (Å²) in [5.74, 6) is 0. The fourth-order valence-electron chi connectivity index (χ4n) is 2.12. The minimum absolute atomic E-state index is 0.108. The van der Waals surface area contributed by atoms with E-state index in [1.807, 2.05) is 6.34 Å². The van der Waals surface area contributed by atoms with Gasteiger partial charge in [-0.15, -0.1) is 0 Å². The lowest BCUT2D eigenvalue weighted by Crippen LogP contribution is -2.24. The van der Waals surface area contributed by atoms with E-state index in [1.54, 1.807) is 0 Å². The second kappa shape index (κ2) is 3.59. The zero-order chi connectivity index (χ0) is 11.0. The second-order valence-corrected chi connectivity index (χ2v) is 4.92. The van der Waals surface area contributed by atoms with Gasteiger partial charge in [-0.05, 0) is 37.0 Å². The molecule has 1 aromatic rings. The standard InChI is InChI=1S/C13H17N3/c14-13(5-6-13)9-11-1-3-12(4-2-11)16-8-7-15-10-16/h1-4,10H,5-9,14H2. The van der Waals surface area contributed by atoms with Crippen LogP contribution in [0.15, 0.2) is 29.3 Å². The summed E-state index contributed by atoms with van der Waals surface area (Å²) in [5.41, 5.74) is 8.79. The molecule has 0 amide bonds. The molecule has 0 aromatic heterocycles. The number of hydrogen-bond donors (Lipinski definition) is 1. The average Bonchev–Trinajstić information content (AvgIpc) is 2.83. The van der Waals surface area contributed by atoms with Crippen molar-refractivity contribution in [2.45, 2.75) is 24.8 Å². The maximum Gasteiger partial charge on any atom is 0.0895 e. The fourth-order valence-corrected chi connectivity index (χ4v) is 2.12. The lowest BCUT2D eigenvalue weighted by atomic mass is 10.0. The molecule has 0 bridgehead atoms. The number of aliphatic imine (C=N–C) groups is 1. The van der Waals surface area contributed by atoms with Gasteiger partial charge in [-0.3, -0.25) is 4.99 Å². The van der Waals surface area contributed by atoms with E-state index in [-0.39, 0.29) is 5.54 Å². The highest BCUT2D eigenvalue weighted by atomic mass is 15.2. The summed E-state index contributed by atoms with van der Waals surface area (Å²) in [6.45, 7) is 1.91. The van der Waals surface area contributed by atoms with Crippen LogP contribution in [0, 0.1) is 0 Å². The molecule has 1 fully saturated rings. The summed E-state index contributed by atoms with van der Waals surface area (Å²) in [6.07, 6.45) is 5.28. The summed E-state index contributed by atoms with van der Waals surface area (Å²) < 4.78 is 0. The van der Waals surface area contributed by atoms with Crippen molar-refractivity contribution >= 4 is 12.0 Å². The number of nitrogens with two attached hydrogens (primary N) is 1. The monoisotopic (exact) mass is 215 g/mol. The Kier molecular flexibility index (Phi) is 2.21. The van der Waals surface area contributed by atoms with E-state index >= 15 is 0 Å². The summed E-state index contributed by atoms with van der Waals surface area (Å²) in [5, 5.41) is 0. The van der Waals surface area contributed by atoms with Crippen LogP contribution in [0.5, 0.6) is 0 Å². The molecule has 84 valence electrons. The lowest BCUT2D eigenvalue weighted by molar-refractivity contribution is 0.672. The van der Waals surface area contributed by atoms with Gasteiger partial charge in [-0.25, -0.2) is 0 Å². The molecule has 1 aromatic carbocycles. The van der Waals surface area contributed by atoms with E-state index in [0.717, 1.165) is 19.5 Å². The minimum Gasteiger partial charge on any atom is -0.331 e. The summed E-state index contributed by atoms with van der Waals surface area (Å²) >= 11 is 0. The van der Waals surface area contributed by atoms with Gasteiger partial charge in [0.25, 0.3) is 0 Å². The molecule has 16 heavy (non-hydrogen) atoms. The number of hydrogen-bond acceptors (Lipinski definition) is 3. The molecule has 0 unspecified atom stereocenters. The average molecular weight is 215 g/mol. The number of anilines is 1. The Bertz CT molecular complexity index is 404. The second-order valence-electron chi connectivity index (χ2n) is 4.92. The maximum absolute atomic E-state index is 6.11. The molecule has 1 heterocycles. The fraction of sp³-hybridized carbons (Fsp3) is 0.462. The van der Waals surface area contributed by atoms with Gasteiger partial charge in [-0.2, -0.15) is 0 Å². The Balaban J connectivity index is 1.71. The van der Waals surface area contributed by atoms with Crippen molar-refractivity contribution < 1.29 is 0 Å². The number of nitrogens with zero attached hydrogens (tertiary/aromatic N) is 2. The first-order chi connectivity index (χ1) is 7.75. The van der Waals surface area contributed by atoms with Gasteiger partial charge in [0.2, 0.25) is 0 Å². The predicted octanol–water partition coefficient (Wildman–Crippen LogP) is 1.57. The molecule has 3 heteroatoms. The highest BCUT2D eigenvalue weighted by Crippen LogP contribution is 2.35. The largest absolute Gasteiger partial charge is 0.331 e. The van der Waals surface area contributed by atoms with Crippen LogP contribution < -0.4 is 10.6 Å². The first kappa shape index (κ1) is 9.85. The zero-order valence-corrected chi connectivity index (χ0v) is 9.39. The molecule has 0 spiro atoms. The smallest absolute Gasteiger partial charge is 0.0895 e. The van der Waals surface area contributed by atoms with E-state index in [9.17, 15) is 0 Å². The van der Waals surface area contributed by atoms with Crippen LogP contribution in [-0.2, 0) is 6.42 Å². The summed E-state index contributed by atoms with van der Waals surface area (Å²) in [6, 6.07) is 8.71. The normalized spacial score (nSPS) is 21.4. The van der Waals surface area contributed by atoms with Crippen molar-refractivity contribution in [2.24, 2.45) is 10.7 Å². The van der Waals surface area contributed by atoms with Gasteiger partial charge in [-0.1, -0.05) is 12.1 Å². The van der Waals surface area contributed by atoms with Gasteiger partial charge in [0.05, 0.1) is 12.9 Å². The van der Waals surface area contributed by atoms with E-state index in [0.29, 0.717) is 0 Å². The quantitative estimate of drug-likeness (QED) is 0.831. The van der Waals surface area contributed by atoms with E-state index in [1.165, 1.54) is 24.1 Å². The van der Waals surface area contributed by atoms with Crippen LogP contribution in [0.2, 0.25) is 0 Å². The Morgan fingerprint density at radius 3 is 2.56 bits per heavy atom. The molecule has 0 saturated heterocycles. The van der Waals surface area contributed by atoms with Crippen LogP contribution in [0.25, 0.3) is 0 Å². The molecule has 1 saturated carbocycles. The Hall–Kier alpha value is -1.35. The van der Waals surface area contributed by atoms with Crippen LogP contribution in [0.3, 0.4) is 0 Å². The van der Waals surface area contributed by atoms with Crippen molar-refractivity contribution in [1.82, 2.24) is 0 Å². The van der Waals surface area contributed by atoms with Crippen LogP contribution >= 0.6 is 0 Å². The third-order valence-electron chi connectivity index (χ3n) is 3.41. The summed E-state index contributed by atoms with van der Waals surface area (Å²) in [7, 11) is 0. The predicted molar refractivity (Wildman–Crippen MR) is 67.0 cm³/mol. The number of rotatable bonds is 3. The van der Waals surface area contributed by atoms with Gasteiger partial charge in [0, 0.05) is 17.8 Å². The molecule has 0 atom stereocenters. The Morgan fingerprint density at radius 2 is 2.00 bits per heavy atom. The van der Waals surface area contributed by atoms with E-state index < -0.39 is 0 Å². The van der Waals surface area contributed by atoms with E-state index in [4.69, 9.17) is 5.73 Å². The zero-order valence-electron chi connectivity index (χ0n) is 9.39. The highest BCUT2D eigenvalue weighted by molar-refractivity contribution is 5.80. The van der Waals surface area contributed by atoms with Gasteiger partial charge in [0.1, 0.15) is 0 Å². The van der Waals surface area contributed by atoms with Crippen molar-refractivity contribution in [3.8, 4) is 0 Å². The van der Waals surface area contributed by atoms with Gasteiger partial charge >= 0.3 is 0 Å². The van der Waals surface area contributed by atoms with Crippen molar-refractivity contribution in [1.29, 1.82) is 0 Å². The SMILES string of the molecule is NC1(Cc2ccc(N3C=NCC3)cc2)CC1. The van der Waals surface area contributed by atoms with Crippen LogP contribution in [-0.4, -0.2) is 25.0 Å². The highest BCUT2D eigenvalue weighted by Gasteiger charge is 2.37. The molecule has 0 radical (unpaired) electrons. The third-order valence-corrected chi connectivity index (χ3v) is 3.41. The molecule has 1 aliphatic heterocycles. The van der Waals surface area contributed by atoms with Gasteiger partial charge < -0.3 is 10.6 Å². The van der Waals surface area contributed by atoms with Crippen LogP contribution in [0.4, 0.5) is 5.69 Å². The Labute approximate surface area is 96.0 Å². The molecule has 2 N–H and O–H groups in total. The van der Waals surface area contributed by atoms with Crippen molar-refractivity contribution in [2.75, 3.05) is 18.0 Å². The summed E-state index contributed by atoms with van der Waals surface area (Å²) in [4.78, 5) is 6.39. The molecule has 3 rings (SSSR count).